The van der Waals surface area contributed by atoms with Crippen LogP contribution in [0.1, 0.15) is 12.5 Å². The van der Waals surface area contributed by atoms with E-state index in [0.717, 1.165) is 16.3 Å². The Hall–Kier alpha value is -2.74. The molecule has 7 heteroatoms. The van der Waals surface area contributed by atoms with Crippen molar-refractivity contribution in [3.8, 4) is 0 Å². The molecule has 4 rings (SSSR count). The third-order valence-corrected chi connectivity index (χ3v) is 7.76. The molecule has 1 fully saturated rings. The Bertz CT molecular complexity index is 1160. The molecule has 0 spiro atoms. The molecule has 0 aliphatic carbocycles. The molecule has 1 atom stereocenters. The lowest BCUT2D eigenvalue weighted by atomic mass is 10.1. The lowest BCUT2D eigenvalue weighted by Gasteiger charge is -2.36. The first-order chi connectivity index (χ1) is 14.9. The van der Waals surface area contributed by atoms with E-state index in [0.29, 0.717) is 37.6 Å². The van der Waals surface area contributed by atoms with Crippen molar-refractivity contribution in [1.82, 2.24) is 14.5 Å². The van der Waals surface area contributed by atoms with E-state index in [-0.39, 0.29) is 11.9 Å². The summed E-state index contributed by atoms with van der Waals surface area (Å²) in [6.45, 7) is 4.13. The first-order valence-electron chi connectivity index (χ1n) is 10.5. The summed E-state index contributed by atoms with van der Waals surface area (Å²) in [6, 6.07) is 22.4. The van der Waals surface area contributed by atoms with E-state index in [1.165, 1.54) is 4.31 Å². The fourth-order valence-electron chi connectivity index (χ4n) is 3.91. The molecule has 31 heavy (non-hydrogen) atoms. The number of benzene rings is 3. The van der Waals surface area contributed by atoms with Crippen LogP contribution >= 0.6 is 0 Å². The van der Waals surface area contributed by atoms with Crippen molar-refractivity contribution in [2.24, 2.45) is 0 Å². The molecule has 1 aliphatic rings. The fraction of sp³-hybridized carbons (Fsp3) is 0.292. The van der Waals surface area contributed by atoms with Crippen molar-refractivity contribution in [3.05, 3.63) is 78.4 Å². The van der Waals surface area contributed by atoms with Gasteiger partial charge in [-0.3, -0.25) is 9.69 Å². The predicted molar refractivity (Wildman–Crippen MR) is 122 cm³/mol. The molecule has 1 amide bonds. The number of rotatable bonds is 6. The lowest BCUT2D eigenvalue weighted by Crippen LogP contribution is -2.54. The molecule has 1 saturated heterocycles. The maximum Gasteiger partial charge on any atom is 0.243 e. The first kappa shape index (κ1) is 21.5. The average Bonchev–Trinajstić information content (AvgIpc) is 2.82. The molecule has 0 aromatic heterocycles. The number of fused-ring (bicyclic) bond motifs is 1. The number of piperazine rings is 1. The zero-order chi connectivity index (χ0) is 21.8. The highest BCUT2D eigenvalue weighted by Gasteiger charge is 2.31. The van der Waals surface area contributed by atoms with Gasteiger partial charge in [0, 0.05) is 32.7 Å². The van der Waals surface area contributed by atoms with E-state index < -0.39 is 10.0 Å². The molecule has 0 saturated carbocycles. The van der Waals surface area contributed by atoms with E-state index in [9.17, 15) is 13.2 Å². The number of nitrogens with one attached hydrogen (secondary N) is 1. The highest BCUT2D eigenvalue weighted by Crippen LogP contribution is 2.23. The Kier molecular flexibility index (Phi) is 6.36. The molecule has 3 aromatic carbocycles. The van der Waals surface area contributed by atoms with Crippen LogP contribution in [0.2, 0.25) is 0 Å². The SMILES string of the molecule is C[C@@H](C(=O)NCc1ccccc1)N1CCN(S(=O)(=O)c2ccc3ccccc3c2)CC1. The second-order valence-electron chi connectivity index (χ2n) is 7.83. The highest BCUT2D eigenvalue weighted by molar-refractivity contribution is 7.89. The van der Waals surface area contributed by atoms with E-state index in [1.807, 2.05) is 72.5 Å². The van der Waals surface area contributed by atoms with Crippen molar-refractivity contribution in [2.45, 2.75) is 24.4 Å². The van der Waals surface area contributed by atoms with E-state index >= 15 is 0 Å². The Labute approximate surface area is 183 Å². The number of nitrogens with zero attached hydrogens (tertiary/aromatic N) is 2. The summed E-state index contributed by atoms with van der Waals surface area (Å²) < 4.78 is 27.8. The minimum atomic E-state index is -3.56. The smallest absolute Gasteiger partial charge is 0.243 e. The molecule has 6 nitrogen and oxygen atoms in total. The minimum Gasteiger partial charge on any atom is -0.351 e. The largest absolute Gasteiger partial charge is 0.351 e. The predicted octanol–water partition coefficient (Wildman–Crippen LogP) is 2.85. The molecule has 0 radical (unpaired) electrons. The zero-order valence-corrected chi connectivity index (χ0v) is 18.4. The van der Waals surface area contributed by atoms with Gasteiger partial charge >= 0.3 is 0 Å². The quantitative estimate of drug-likeness (QED) is 0.644. The molecule has 1 N–H and O–H groups in total. The number of hydrogen-bond acceptors (Lipinski definition) is 4. The Balaban J connectivity index is 1.36. The fourth-order valence-corrected chi connectivity index (χ4v) is 5.36. The lowest BCUT2D eigenvalue weighted by molar-refractivity contribution is -0.126. The second-order valence-corrected chi connectivity index (χ2v) is 9.77. The van der Waals surface area contributed by atoms with Crippen LogP contribution in [0.3, 0.4) is 0 Å². The molecular formula is C24H27N3O3S. The molecule has 0 unspecified atom stereocenters. The van der Waals surface area contributed by atoms with Crippen LogP contribution in [0, 0.1) is 0 Å². The van der Waals surface area contributed by atoms with Crippen molar-refractivity contribution < 1.29 is 13.2 Å². The number of sulfonamides is 1. The van der Waals surface area contributed by atoms with Gasteiger partial charge in [0.1, 0.15) is 0 Å². The van der Waals surface area contributed by atoms with Crippen molar-refractivity contribution >= 4 is 26.7 Å². The molecule has 3 aromatic rings. The average molecular weight is 438 g/mol. The van der Waals surface area contributed by atoms with Gasteiger partial charge in [0.25, 0.3) is 0 Å². The third-order valence-electron chi connectivity index (χ3n) is 5.87. The molecule has 162 valence electrons. The molecule has 1 heterocycles. The van der Waals surface area contributed by atoms with Crippen LogP contribution in [0.5, 0.6) is 0 Å². The van der Waals surface area contributed by atoms with Crippen molar-refractivity contribution in [1.29, 1.82) is 0 Å². The summed E-state index contributed by atoms with van der Waals surface area (Å²) in [5.74, 6) is -0.0466. The van der Waals surface area contributed by atoms with Gasteiger partial charge in [0.2, 0.25) is 15.9 Å². The zero-order valence-electron chi connectivity index (χ0n) is 17.6. The van der Waals surface area contributed by atoms with Gasteiger partial charge < -0.3 is 5.32 Å². The number of amides is 1. The Morgan fingerprint density at radius 1 is 0.903 bits per heavy atom. The number of carbonyl (C=O) groups is 1. The van der Waals surface area contributed by atoms with E-state index in [4.69, 9.17) is 0 Å². The summed E-state index contributed by atoms with van der Waals surface area (Å²) in [7, 11) is -3.56. The summed E-state index contributed by atoms with van der Waals surface area (Å²) >= 11 is 0. The standard InChI is InChI=1S/C24H27N3O3S/c1-19(24(28)25-18-20-7-3-2-4-8-20)26-13-15-27(16-14-26)31(29,30)23-12-11-21-9-5-6-10-22(21)17-23/h2-12,17,19H,13-16,18H2,1H3,(H,25,28)/t19-/m0/s1. The summed E-state index contributed by atoms with van der Waals surface area (Å²) in [5, 5.41) is 4.89. The Morgan fingerprint density at radius 3 is 2.26 bits per heavy atom. The molecule has 1 aliphatic heterocycles. The number of hydrogen-bond donors (Lipinski definition) is 1. The summed E-state index contributed by atoms with van der Waals surface area (Å²) in [5.41, 5.74) is 1.05. The van der Waals surface area contributed by atoms with Gasteiger partial charge in [0.15, 0.2) is 0 Å². The summed E-state index contributed by atoms with van der Waals surface area (Å²) in [6.07, 6.45) is 0. The van der Waals surface area contributed by atoms with Crippen LogP contribution in [0.4, 0.5) is 0 Å². The van der Waals surface area contributed by atoms with E-state index in [2.05, 4.69) is 5.32 Å². The van der Waals surface area contributed by atoms with Gasteiger partial charge in [-0.05, 0) is 35.4 Å². The second kappa shape index (κ2) is 9.18. The van der Waals surface area contributed by atoms with Gasteiger partial charge in [0.05, 0.1) is 10.9 Å². The molecule has 0 bridgehead atoms. The van der Waals surface area contributed by atoms with Crippen molar-refractivity contribution in [3.63, 3.8) is 0 Å². The highest BCUT2D eigenvalue weighted by atomic mass is 32.2. The summed E-state index contributed by atoms with van der Waals surface area (Å²) in [4.78, 5) is 14.9. The maximum atomic E-state index is 13.1. The topological polar surface area (TPSA) is 69.7 Å². The maximum absolute atomic E-state index is 13.1. The van der Waals surface area contributed by atoms with Crippen LogP contribution < -0.4 is 5.32 Å². The van der Waals surface area contributed by atoms with Gasteiger partial charge in [-0.25, -0.2) is 8.42 Å². The molecular weight excluding hydrogens is 410 g/mol. The van der Waals surface area contributed by atoms with Gasteiger partial charge in [-0.15, -0.1) is 0 Å². The number of carbonyl (C=O) groups excluding carboxylic acids is 1. The van der Waals surface area contributed by atoms with Crippen LogP contribution in [-0.4, -0.2) is 55.8 Å². The van der Waals surface area contributed by atoms with Crippen molar-refractivity contribution in [2.75, 3.05) is 26.2 Å². The van der Waals surface area contributed by atoms with Gasteiger partial charge in [-0.2, -0.15) is 4.31 Å². The monoisotopic (exact) mass is 437 g/mol. The van der Waals surface area contributed by atoms with Crippen LogP contribution in [-0.2, 0) is 21.4 Å². The Morgan fingerprint density at radius 2 is 1.55 bits per heavy atom. The van der Waals surface area contributed by atoms with E-state index in [1.54, 1.807) is 12.1 Å². The normalized spacial score (nSPS) is 16.8. The third kappa shape index (κ3) is 4.79. The van der Waals surface area contributed by atoms with Crippen LogP contribution in [0.15, 0.2) is 77.7 Å². The minimum absolute atomic E-state index is 0.0466. The van der Waals surface area contributed by atoms with Crippen LogP contribution in [0.25, 0.3) is 10.8 Å². The first-order valence-corrected chi connectivity index (χ1v) is 11.9. The van der Waals surface area contributed by atoms with Gasteiger partial charge in [-0.1, -0.05) is 60.7 Å².